The van der Waals surface area contributed by atoms with Crippen LogP contribution in [0.4, 0.5) is 5.69 Å². The van der Waals surface area contributed by atoms with Gasteiger partial charge >= 0.3 is 0 Å². The minimum Gasteiger partial charge on any atom is -0.390 e. The van der Waals surface area contributed by atoms with E-state index in [1.54, 1.807) is 0 Å². The molecule has 146 valence electrons. The molecule has 2 aliphatic rings. The highest BCUT2D eigenvalue weighted by Crippen LogP contribution is 2.27. The fourth-order valence-corrected chi connectivity index (χ4v) is 4.66. The minimum absolute atomic E-state index is 0.0314. The first-order valence-corrected chi connectivity index (χ1v) is 10.3. The second kappa shape index (κ2) is 8.40. The van der Waals surface area contributed by atoms with Gasteiger partial charge in [0.25, 0.3) is 0 Å². The van der Waals surface area contributed by atoms with Gasteiger partial charge in [0.1, 0.15) is 5.69 Å². The Bertz CT molecular complexity index is 738. The second-order valence-corrected chi connectivity index (χ2v) is 8.15. The van der Waals surface area contributed by atoms with Crippen LogP contribution in [-0.2, 0) is 13.2 Å². The van der Waals surface area contributed by atoms with Crippen molar-refractivity contribution < 1.29 is 5.11 Å². The van der Waals surface area contributed by atoms with Gasteiger partial charge in [-0.25, -0.2) is 0 Å². The van der Waals surface area contributed by atoms with Gasteiger partial charge in [-0.15, -0.1) is 5.10 Å². The normalized spacial score (nSPS) is 22.3. The van der Waals surface area contributed by atoms with Gasteiger partial charge in [0.05, 0.1) is 12.8 Å². The van der Waals surface area contributed by atoms with Gasteiger partial charge in [-0.05, 0) is 62.8 Å². The number of piperidine rings is 2. The van der Waals surface area contributed by atoms with E-state index in [2.05, 4.69) is 51.3 Å². The summed E-state index contributed by atoms with van der Waals surface area (Å²) >= 11 is 0. The fourth-order valence-electron chi connectivity index (χ4n) is 4.66. The van der Waals surface area contributed by atoms with Crippen LogP contribution in [0.1, 0.15) is 36.9 Å². The van der Waals surface area contributed by atoms with Crippen molar-refractivity contribution in [3.8, 4) is 0 Å². The molecule has 0 bridgehead atoms. The lowest BCUT2D eigenvalue weighted by Crippen LogP contribution is -2.49. The number of likely N-dealkylation sites (tertiary alicyclic amines) is 1. The van der Waals surface area contributed by atoms with Gasteiger partial charge in [-0.1, -0.05) is 17.3 Å². The molecule has 27 heavy (non-hydrogen) atoms. The van der Waals surface area contributed by atoms with Crippen LogP contribution in [0.5, 0.6) is 0 Å². The summed E-state index contributed by atoms with van der Waals surface area (Å²) in [7, 11) is 0. The molecule has 0 amide bonds. The Morgan fingerprint density at radius 2 is 2.00 bits per heavy atom. The molecule has 0 aliphatic carbocycles. The molecule has 0 radical (unpaired) electrons. The number of hydrogen-bond donors (Lipinski definition) is 1. The van der Waals surface area contributed by atoms with Crippen molar-refractivity contribution >= 4 is 5.69 Å². The third-order valence-corrected chi connectivity index (χ3v) is 6.09. The predicted molar refractivity (Wildman–Crippen MR) is 107 cm³/mol. The number of aliphatic hydroxyl groups excluding tert-OH is 1. The highest BCUT2D eigenvalue weighted by molar-refractivity contribution is 5.48. The molecular formula is C21H31N5O. The predicted octanol–water partition coefficient (Wildman–Crippen LogP) is 2.46. The Kier molecular flexibility index (Phi) is 5.74. The SMILES string of the molecule is Cc1cccc(N2CCC(N3CCCC(Cn4cc(CO)nn4)C3)CC2)c1. The molecule has 2 aromatic rings. The third kappa shape index (κ3) is 4.50. The average Bonchev–Trinajstić information content (AvgIpc) is 3.16. The Labute approximate surface area is 161 Å². The van der Waals surface area contributed by atoms with Gasteiger partial charge in [0, 0.05) is 37.9 Å². The first kappa shape index (κ1) is 18.4. The van der Waals surface area contributed by atoms with Crippen LogP contribution in [0.3, 0.4) is 0 Å². The fraction of sp³-hybridized carbons (Fsp3) is 0.619. The Morgan fingerprint density at radius 3 is 2.74 bits per heavy atom. The largest absolute Gasteiger partial charge is 0.390 e. The average molecular weight is 370 g/mol. The van der Waals surface area contributed by atoms with Crippen LogP contribution in [0.15, 0.2) is 30.5 Å². The summed E-state index contributed by atoms with van der Waals surface area (Å²) in [6.07, 6.45) is 6.90. The molecule has 1 aromatic carbocycles. The molecular weight excluding hydrogens is 338 g/mol. The van der Waals surface area contributed by atoms with Crippen molar-refractivity contribution in [2.75, 3.05) is 31.1 Å². The van der Waals surface area contributed by atoms with Crippen LogP contribution >= 0.6 is 0 Å². The zero-order chi connectivity index (χ0) is 18.6. The lowest BCUT2D eigenvalue weighted by Gasteiger charge is -2.43. The van der Waals surface area contributed by atoms with E-state index < -0.39 is 0 Å². The molecule has 1 aromatic heterocycles. The van der Waals surface area contributed by atoms with E-state index in [-0.39, 0.29) is 6.61 Å². The summed E-state index contributed by atoms with van der Waals surface area (Å²) in [5.41, 5.74) is 3.37. The number of benzene rings is 1. The maximum Gasteiger partial charge on any atom is 0.108 e. The van der Waals surface area contributed by atoms with E-state index in [0.29, 0.717) is 17.7 Å². The van der Waals surface area contributed by atoms with E-state index in [1.165, 1.54) is 43.5 Å². The summed E-state index contributed by atoms with van der Waals surface area (Å²) in [4.78, 5) is 5.25. The molecule has 1 atom stereocenters. The van der Waals surface area contributed by atoms with E-state index in [0.717, 1.165) is 26.2 Å². The Hall–Kier alpha value is -1.92. The number of aromatic nitrogens is 3. The molecule has 4 rings (SSSR count). The number of anilines is 1. The monoisotopic (exact) mass is 369 g/mol. The summed E-state index contributed by atoms with van der Waals surface area (Å²) in [6.45, 7) is 7.73. The number of rotatable bonds is 5. The molecule has 3 heterocycles. The van der Waals surface area contributed by atoms with E-state index in [4.69, 9.17) is 5.11 Å². The first-order valence-electron chi connectivity index (χ1n) is 10.3. The van der Waals surface area contributed by atoms with Crippen LogP contribution in [0, 0.1) is 12.8 Å². The van der Waals surface area contributed by atoms with Gasteiger partial charge in [0.2, 0.25) is 0 Å². The van der Waals surface area contributed by atoms with Crippen molar-refractivity contribution in [2.24, 2.45) is 5.92 Å². The van der Waals surface area contributed by atoms with Crippen LogP contribution in [-0.4, -0.2) is 57.2 Å². The van der Waals surface area contributed by atoms with E-state index >= 15 is 0 Å². The first-order chi connectivity index (χ1) is 13.2. The maximum absolute atomic E-state index is 9.16. The molecule has 0 spiro atoms. The maximum atomic E-state index is 9.16. The van der Waals surface area contributed by atoms with E-state index in [9.17, 15) is 0 Å². The van der Waals surface area contributed by atoms with Crippen molar-refractivity contribution in [2.45, 2.75) is 51.8 Å². The lowest BCUT2D eigenvalue weighted by molar-refractivity contribution is 0.0981. The standard InChI is InChI=1S/C21H31N5O/c1-17-4-2-6-21(12-17)24-10-7-20(8-11-24)25-9-3-5-18(13-25)14-26-15-19(16-27)22-23-26/h2,4,6,12,15,18,20,27H,3,5,7-11,13-14,16H2,1H3. The molecule has 6 nitrogen and oxygen atoms in total. The van der Waals surface area contributed by atoms with Crippen LogP contribution < -0.4 is 4.90 Å². The van der Waals surface area contributed by atoms with Gasteiger partial charge in [-0.2, -0.15) is 0 Å². The third-order valence-electron chi connectivity index (χ3n) is 6.09. The van der Waals surface area contributed by atoms with Crippen molar-refractivity contribution in [1.29, 1.82) is 0 Å². The van der Waals surface area contributed by atoms with Gasteiger partial charge < -0.3 is 10.0 Å². The second-order valence-electron chi connectivity index (χ2n) is 8.15. The van der Waals surface area contributed by atoms with Gasteiger partial charge in [0.15, 0.2) is 0 Å². The van der Waals surface area contributed by atoms with Gasteiger partial charge in [-0.3, -0.25) is 9.58 Å². The molecule has 2 saturated heterocycles. The molecule has 1 unspecified atom stereocenters. The summed E-state index contributed by atoms with van der Waals surface area (Å²) in [5, 5.41) is 17.3. The summed E-state index contributed by atoms with van der Waals surface area (Å²) in [5.74, 6) is 0.627. The Balaban J connectivity index is 1.30. The molecule has 0 saturated carbocycles. The number of aryl methyl sites for hydroxylation is 1. The Morgan fingerprint density at radius 1 is 1.15 bits per heavy atom. The smallest absolute Gasteiger partial charge is 0.108 e. The number of nitrogens with zero attached hydrogens (tertiary/aromatic N) is 5. The molecule has 2 fully saturated rings. The quantitative estimate of drug-likeness (QED) is 0.877. The highest BCUT2D eigenvalue weighted by Gasteiger charge is 2.29. The minimum atomic E-state index is -0.0314. The summed E-state index contributed by atoms with van der Waals surface area (Å²) < 4.78 is 1.90. The lowest BCUT2D eigenvalue weighted by atomic mass is 9.93. The van der Waals surface area contributed by atoms with E-state index in [1.807, 2.05) is 10.9 Å². The topological polar surface area (TPSA) is 57.4 Å². The number of aliphatic hydroxyl groups is 1. The summed E-state index contributed by atoms with van der Waals surface area (Å²) in [6, 6.07) is 9.58. The molecule has 2 aliphatic heterocycles. The molecule has 1 N–H and O–H groups in total. The van der Waals surface area contributed by atoms with Crippen molar-refractivity contribution in [1.82, 2.24) is 19.9 Å². The van der Waals surface area contributed by atoms with Crippen molar-refractivity contribution in [3.05, 3.63) is 41.7 Å². The number of hydrogen-bond acceptors (Lipinski definition) is 5. The van der Waals surface area contributed by atoms with Crippen LogP contribution in [0.2, 0.25) is 0 Å². The molecule has 6 heteroatoms. The van der Waals surface area contributed by atoms with Crippen LogP contribution in [0.25, 0.3) is 0 Å². The van der Waals surface area contributed by atoms with Crippen molar-refractivity contribution in [3.63, 3.8) is 0 Å². The zero-order valence-corrected chi connectivity index (χ0v) is 16.3. The zero-order valence-electron chi connectivity index (χ0n) is 16.3. The highest BCUT2D eigenvalue weighted by atomic mass is 16.3.